The van der Waals surface area contributed by atoms with Crippen LogP contribution in [0.3, 0.4) is 0 Å². The first-order valence-electron chi connectivity index (χ1n) is 8.09. The van der Waals surface area contributed by atoms with Gasteiger partial charge in [0.1, 0.15) is 5.76 Å². The maximum absolute atomic E-state index is 12.6. The van der Waals surface area contributed by atoms with Crippen LogP contribution in [-0.4, -0.2) is 27.3 Å². The number of rotatable bonds is 2. The third-order valence-corrected chi connectivity index (χ3v) is 5.12. The van der Waals surface area contributed by atoms with E-state index < -0.39 is 6.23 Å². The number of hydrogen-bond donors (Lipinski definition) is 0. The molecule has 1 amide bonds. The summed E-state index contributed by atoms with van der Waals surface area (Å²) in [7, 11) is 0. The van der Waals surface area contributed by atoms with Gasteiger partial charge in [0.15, 0.2) is 11.5 Å². The van der Waals surface area contributed by atoms with Crippen LogP contribution in [0.15, 0.2) is 44.4 Å². The van der Waals surface area contributed by atoms with Gasteiger partial charge in [-0.25, -0.2) is 0 Å². The summed E-state index contributed by atoms with van der Waals surface area (Å²) in [5.74, 6) is 1.34. The first-order valence-corrected chi connectivity index (χ1v) is 10.1. The molecule has 9 heteroatoms. The molecule has 4 rings (SSSR count). The molecule has 0 aliphatic carbocycles. The molecule has 1 aliphatic rings. The van der Waals surface area contributed by atoms with Crippen LogP contribution in [0.2, 0.25) is 0 Å². The van der Waals surface area contributed by atoms with Crippen LogP contribution in [0.4, 0.5) is 5.69 Å². The van der Waals surface area contributed by atoms with Gasteiger partial charge in [-0.15, -0.1) is 10.2 Å². The number of carbonyl (C=O) groups excluding carboxylic acids is 1. The topological polar surface area (TPSA) is 81.3 Å². The summed E-state index contributed by atoms with van der Waals surface area (Å²) in [6.45, 7) is 3.33. The van der Waals surface area contributed by atoms with Crippen molar-refractivity contribution in [2.45, 2.75) is 25.2 Å². The normalized spacial score (nSPS) is 15.6. The third kappa shape index (κ3) is 3.21. The number of halogens is 1. The minimum atomic E-state index is -0.802. The van der Waals surface area contributed by atoms with Gasteiger partial charge < -0.3 is 9.15 Å². The van der Waals surface area contributed by atoms with Gasteiger partial charge in [-0.3, -0.25) is 9.69 Å². The van der Waals surface area contributed by atoms with E-state index in [1.165, 1.54) is 18.7 Å². The lowest BCUT2D eigenvalue weighted by molar-refractivity contribution is -0.118. The summed E-state index contributed by atoms with van der Waals surface area (Å²) in [5, 5.41) is 8.93. The van der Waals surface area contributed by atoms with Crippen molar-refractivity contribution in [2.24, 2.45) is 0 Å². The number of thioether (sulfide) groups is 1. The summed E-state index contributed by atoms with van der Waals surface area (Å²) in [6, 6.07) is 9.20. The number of ether oxygens (including phenoxy) is 1. The van der Waals surface area contributed by atoms with Gasteiger partial charge in [0.25, 0.3) is 0 Å². The lowest BCUT2D eigenvalue weighted by atomic mass is 10.1. The number of nitrogens with zero attached hydrogens (tertiary/aromatic N) is 4. The van der Waals surface area contributed by atoms with Gasteiger partial charge in [0.05, 0.1) is 5.69 Å². The van der Waals surface area contributed by atoms with Crippen LogP contribution in [0, 0.1) is 6.92 Å². The molecule has 0 radical (unpaired) electrons. The van der Waals surface area contributed by atoms with Gasteiger partial charge in [-0.2, -0.15) is 4.98 Å². The van der Waals surface area contributed by atoms with E-state index in [4.69, 9.17) is 9.15 Å². The van der Waals surface area contributed by atoms with Gasteiger partial charge >= 0.3 is 0 Å². The molecule has 0 fully saturated rings. The van der Waals surface area contributed by atoms with Gasteiger partial charge in [-0.05, 0) is 43.5 Å². The third-order valence-electron chi connectivity index (χ3n) is 4.09. The highest BCUT2D eigenvalue weighted by Crippen LogP contribution is 2.44. The molecule has 7 nitrogen and oxygen atoms in total. The fraction of sp³-hybridized carbons (Fsp3) is 0.222. The fourth-order valence-corrected chi connectivity index (χ4v) is 3.59. The molecule has 3 aromatic rings. The largest absolute Gasteiger partial charge is 0.460 e. The quantitative estimate of drug-likeness (QED) is 0.540. The second-order valence-electron chi connectivity index (χ2n) is 5.92. The molecule has 1 aliphatic heterocycles. The minimum absolute atomic E-state index is 0.191. The zero-order valence-corrected chi connectivity index (χ0v) is 17.2. The number of aromatic nitrogens is 3. The number of furan rings is 1. The Bertz CT molecular complexity index is 1040. The molecule has 0 unspecified atom stereocenters. The van der Waals surface area contributed by atoms with Crippen LogP contribution < -0.4 is 9.64 Å². The highest BCUT2D eigenvalue weighted by atomic mass is 79.9. The number of amides is 1. The van der Waals surface area contributed by atoms with Gasteiger partial charge in [0.2, 0.25) is 23.2 Å². The molecular formula is C18H15BrN4O3S. The molecule has 0 N–H and O–H groups in total. The second kappa shape index (κ2) is 6.97. The average Bonchev–Trinajstić information content (AvgIpc) is 3.02. The number of carbonyl (C=O) groups is 1. The first kappa shape index (κ1) is 18.0. The highest BCUT2D eigenvalue weighted by Gasteiger charge is 2.36. The lowest BCUT2D eigenvalue weighted by Gasteiger charge is -2.28. The summed E-state index contributed by atoms with van der Waals surface area (Å²) in [5.41, 5.74) is 1.82. The van der Waals surface area contributed by atoms with Crippen molar-refractivity contribution in [2.75, 3.05) is 11.2 Å². The van der Waals surface area contributed by atoms with E-state index in [-0.39, 0.29) is 5.91 Å². The maximum atomic E-state index is 12.6. The second-order valence-corrected chi connectivity index (χ2v) is 7.61. The molecule has 138 valence electrons. The van der Waals surface area contributed by atoms with Crippen molar-refractivity contribution in [3.63, 3.8) is 0 Å². The smallest absolute Gasteiger partial charge is 0.247 e. The van der Waals surface area contributed by atoms with Crippen molar-refractivity contribution in [1.29, 1.82) is 0 Å². The molecule has 3 heterocycles. The molecule has 0 spiro atoms. The van der Waals surface area contributed by atoms with E-state index >= 15 is 0 Å². The maximum Gasteiger partial charge on any atom is 0.247 e. The highest BCUT2D eigenvalue weighted by molar-refractivity contribution is 9.10. The van der Waals surface area contributed by atoms with Crippen molar-refractivity contribution in [1.82, 2.24) is 15.2 Å². The van der Waals surface area contributed by atoms with Crippen LogP contribution >= 0.6 is 27.7 Å². The lowest BCUT2D eigenvalue weighted by Crippen LogP contribution is -2.35. The predicted octanol–water partition coefficient (Wildman–Crippen LogP) is 4.37. The van der Waals surface area contributed by atoms with Crippen LogP contribution in [0.5, 0.6) is 5.88 Å². The summed E-state index contributed by atoms with van der Waals surface area (Å²) in [6.07, 6.45) is 1.06. The monoisotopic (exact) mass is 446 g/mol. The Morgan fingerprint density at radius 1 is 1.26 bits per heavy atom. The van der Waals surface area contributed by atoms with Crippen LogP contribution in [0.25, 0.3) is 11.3 Å². The molecular weight excluding hydrogens is 432 g/mol. The standard InChI is InChI=1S/C18H15BrN4O3S/c1-9-4-7-14(25-9)17-23(10(2)24)13-6-5-11(19)8-12(13)15-16(26-17)20-18(27-3)22-21-15/h4-8,17H,1-3H3/t17-/m0/s1. The summed E-state index contributed by atoms with van der Waals surface area (Å²) in [4.78, 5) is 18.6. The number of benzene rings is 1. The number of anilines is 1. The number of hydrogen-bond acceptors (Lipinski definition) is 7. The van der Waals surface area contributed by atoms with Gasteiger partial charge in [0, 0.05) is 17.0 Å². The molecule has 0 saturated carbocycles. The molecule has 1 aromatic carbocycles. The average molecular weight is 447 g/mol. The Balaban J connectivity index is 2.00. The predicted molar refractivity (Wildman–Crippen MR) is 105 cm³/mol. The zero-order chi connectivity index (χ0) is 19.1. The van der Waals surface area contributed by atoms with E-state index in [9.17, 15) is 4.79 Å². The van der Waals surface area contributed by atoms with Crippen molar-refractivity contribution in [3.05, 3.63) is 46.3 Å². The van der Waals surface area contributed by atoms with Crippen molar-refractivity contribution < 1.29 is 13.9 Å². The Labute approximate surface area is 168 Å². The molecule has 0 saturated heterocycles. The molecule has 2 aromatic heterocycles. The number of aryl methyl sites for hydroxylation is 1. The number of fused-ring (bicyclic) bond motifs is 3. The van der Waals surface area contributed by atoms with E-state index in [0.717, 1.165) is 10.2 Å². The SMILES string of the molecule is CSc1nnc2c(n1)O[C@@H](c1ccc(C)o1)N(C(C)=O)c1ccc(Br)cc1-2. The van der Waals surface area contributed by atoms with Crippen molar-refractivity contribution >= 4 is 39.3 Å². The molecule has 0 bridgehead atoms. The molecule has 27 heavy (non-hydrogen) atoms. The zero-order valence-electron chi connectivity index (χ0n) is 14.8. The molecule has 1 atom stereocenters. The summed E-state index contributed by atoms with van der Waals surface area (Å²) >= 11 is 4.84. The van der Waals surface area contributed by atoms with E-state index in [0.29, 0.717) is 33.7 Å². The van der Waals surface area contributed by atoms with E-state index in [2.05, 4.69) is 31.1 Å². The Morgan fingerprint density at radius 2 is 2.07 bits per heavy atom. The van der Waals surface area contributed by atoms with Crippen molar-refractivity contribution in [3.8, 4) is 17.1 Å². The van der Waals surface area contributed by atoms with E-state index in [1.54, 1.807) is 11.0 Å². The van der Waals surface area contributed by atoms with Crippen LogP contribution in [-0.2, 0) is 4.79 Å². The Morgan fingerprint density at radius 3 is 2.74 bits per heavy atom. The Kier molecular flexibility index (Phi) is 4.65. The summed E-state index contributed by atoms with van der Waals surface area (Å²) < 4.78 is 12.8. The van der Waals surface area contributed by atoms with Gasteiger partial charge in [-0.1, -0.05) is 27.7 Å². The fourth-order valence-electron chi connectivity index (χ4n) is 2.93. The minimum Gasteiger partial charge on any atom is -0.460 e. The van der Waals surface area contributed by atoms with Crippen LogP contribution in [0.1, 0.15) is 24.7 Å². The first-order chi connectivity index (χ1) is 13.0. The Hall–Kier alpha value is -2.39. The van der Waals surface area contributed by atoms with E-state index in [1.807, 2.05) is 37.4 Å².